The van der Waals surface area contributed by atoms with Crippen LogP contribution in [0.3, 0.4) is 0 Å². The van der Waals surface area contributed by atoms with Gasteiger partial charge in [-0.3, -0.25) is 4.79 Å². The van der Waals surface area contributed by atoms with E-state index in [4.69, 9.17) is 0 Å². The average Bonchev–Trinajstić information content (AvgIpc) is 2.62. The fourth-order valence-electron chi connectivity index (χ4n) is 3.43. The van der Waals surface area contributed by atoms with Crippen LogP contribution in [0.5, 0.6) is 11.5 Å². The van der Waals surface area contributed by atoms with Crippen molar-refractivity contribution in [2.75, 3.05) is 0 Å². The summed E-state index contributed by atoms with van der Waals surface area (Å²) in [6.45, 7) is 2.24. The highest BCUT2D eigenvalue weighted by atomic mass is 16.4. The van der Waals surface area contributed by atoms with Crippen LogP contribution in [0.15, 0.2) is 18.2 Å². The lowest BCUT2D eigenvalue weighted by Gasteiger charge is -2.14. The minimum atomic E-state index is -0.950. The second-order valence-corrected chi connectivity index (χ2v) is 7.28. The molecular formula is C22H36O4. The van der Waals surface area contributed by atoms with E-state index >= 15 is 0 Å². The normalized spacial score (nSPS) is 12.2. The van der Waals surface area contributed by atoms with Crippen LogP contribution in [0.4, 0.5) is 0 Å². The van der Waals surface area contributed by atoms with Crippen LogP contribution in [-0.2, 0) is 4.79 Å². The van der Waals surface area contributed by atoms with Gasteiger partial charge >= 0.3 is 5.97 Å². The summed E-state index contributed by atoms with van der Waals surface area (Å²) in [6, 6.07) is 4.51. The first-order valence-electron chi connectivity index (χ1n) is 10.3. The van der Waals surface area contributed by atoms with Gasteiger partial charge in [-0.2, -0.15) is 0 Å². The minimum Gasteiger partial charge on any atom is -0.504 e. The second kappa shape index (κ2) is 13.5. The number of aromatic hydroxyl groups is 2. The molecule has 3 N–H and O–H groups in total. The first kappa shape index (κ1) is 22.3. The maximum Gasteiger partial charge on any atom is 0.311 e. The van der Waals surface area contributed by atoms with Crippen LogP contribution in [-0.4, -0.2) is 21.3 Å². The largest absolute Gasteiger partial charge is 0.504 e. The number of unbranched alkanes of at least 4 members (excludes halogenated alkanes) is 11. The van der Waals surface area contributed by atoms with Gasteiger partial charge in [0.25, 0.3) is 0 Å². The average molecular weight is 365 g/mol. The maximum atomic E-state index is 11.5. The Labute approximate surface area is 158 Å². The van der Waals surface area contributed by atoms with Gasteiger partial charge in [-0.15, -0.1) is 0 Å². The molecule has 0 saturated heterocycles. The molecule has 0 aliphatic carbocycles. The number of aliphatic carboxylic acids is 1. The number of carbonyl (C=O) groups is 1. The molecule has 1 aromatic rings. The lowest BCUT2D eigenvalue weighted by molar-refractivity contribution is -0.139. The third-order valence-corrected chi connectivity index (χ3v) is 5.07. The monoisotopic (exact) mass is 364 g/mol. The SMILES string of the molecule is CCCCCCCCCCCCCCC(C(=O)O)c1cccc(O)c1O. The molecule has 148 valence electrons. The molecule has 0 bridgehead atoms. The molecule has 0 aliphatic heterocycles. The van der Waals surface area contributed by atoms with E-state index < -0.39 is 11.9 Å². The number of benzene rings is 1. The van der Waals surface area contributed by atoms with Crippen LogP contribution in [0.1, 0.15) is 102 Å². The van der Waals surface area contributed by atoms with Crippen LogP contribution < -0.4 is 0 Å². The quantitative estimate of drug-likeness (QED) is 0.250. The summed E-state index contributed by atoms with van der Waals surface area (Å²) in [6.07, 6.45) is 15.3. The molecule has 1 rings (SSSR count). The number of para-hydroxylation sites is 1. The Bertz CT molecular complexity index is 513. The number of phenolic OH excluding ortho intramolecular Hbond substituents is 2. The first-order chi connectivity index (χ1) is 12.6. The zero-order chi connectivity index (χ0) is 19.2. The van der Waals surface area contributed by atoms with Gasteiger partial charge in [0.05, 0.1) is 5.92 Å². The van der Waals surface area contributed by atoms with E-state index in [0.29, 0.717) is 12.0 Å². The Morgan fingerprint density at radius 3 is 1.85 bits per heavy atom. The zero-order valence-electron chi connectivity index (χ0n) is 16.3. The molecule has 1 atom stereocenters. The topological polar surface area (TPSA) is 77.8 Å². The van der Waals surface area contributed by atoms with Crippen molar-refractivity contribution < 1.29 is 20.1 Å². The van der Waals surface area contributed by atoms with Gasteiger partial charge in [-0.25, -0.2) is 0 Å². The Morgan fingerprint density at radius 1 is 0.846 bits per heavy atom. The molecule has 0 spiro atoms. The summed E-state index contributed by atoms with van der Waals surface area (Å²) in [5.41, 5.74) is 0.306. The van der Waals surface area contributed by atoms with Crippen molar-refractivity contribution in [3.8, 4) is 11.5 Å². The second-order valence-electron chi connectivity index (χ2n) is 7.28. The fraction of sp³-hybridized carbons (Fsp3) is 0.682. The van der Waals surface area contributed by atoms with E-state index in [-0.39, 0.29) is 11.5 Å². The highest BCUT2D eigenvalue weighted by molar-refractivity contribution is 5.77. The number of rotatable bonds is 15. The van der Waals surface area contributed by atoms with Crippen molar-refractivity contribution in [1.82, 2.24) is 0 Å². The van der Waals surface area contributed by atoms with E-state index in [9.17, 15) is 20.1 Å². The molecule has 4 nitrogen and oxygen atoms in total. The molecule has 0 saturated carbocycles. The fourth-order valence-corrected chi connectivity index (χ4v) is 3.43. The van der Waals surface area contributed by atoms with Crippen molar-refractivity contribution in [2.24, 2.45) is 0 Å². The van der Waals surface area contributed by atoms with E-state index in [1.54, 1.807) is 12.1 Å². The van der Waals surface area contributed by atoms with Gasteiger partial charge in [0, 0.05) is 5.56 Å². The van der Waals surface area contributed by atoms with Crippen molar-refractivity contribution in [2.45, 2.75) is 96.3 Å². The van der Waals surface area contributed by atoms with E-state index in [0.717, 1.165) is 19.3 Å². The van der Waals surface area contributed by atoms with Crippen LogP contribution in [0, 0.1) is 0 Å². The Hall–Kier alpha value is -1.71. The first-order valence-corrected chi connectivity index (χ1v) is 10.3. The van der Waals surface area contributed by atoms with Crippen molar-refractivity contribution in [3.63, 3.8) is 0 Å². The molecule has 4 heteroatoms. The summed E-state index contributed by atoms with van der Waals surface area (Å²) in [4.78, 5) is 11.5. The lowest BCUT2D eigenvalue weighted by Crippen LogP contribution is -2.11. The van der Waals surface area contributed by atoms with Gasteiger partial charge in [-0.1, -0.05) is 96.1 Å². The molecule has 1 unspecified atom stereocenters. The molecular weight excluding hydrogens is 328 g/mol. The summed E-state index contributed by atoms with van der Waals surface area (Å²) >= 11 is 0. The Kier molecular flexibility index (Phi) is 11.6. The Balaban J connectivity index is 2.15. The predicted octanol–water partition coefficient (Wildman–Crippen LogP) is 6.36. The highest BCUT2D eigenvalue weighted by Gasteiger charge is 2.23. The number of carboxylic acid groups (broad SMARTS) is 1. The predicted molar refractivity (Wildman–Crippen MR) is 106 cm³/mol. The van der Waals surface area contributed by atoms with Crippen molar-refractivity contribution >= 4 is 5.97 Å². The minimum absolute atomic E-state index is 0.261. The summed E-state index contributed by atoms with van der Waals surface area (Å²) in [5, 5.41) is 28.9. The maximum absolute atomic E-state index is 11.5. The van der Waals surface area contributed by atoms with E-state index in [1.807, 2.05) is 0 Å². The number of phenols is 2. The van der Waals surface area contributed by atoms with Gasteiger partial charge in [0.15, 0.2) is 11.5 Å². The number of hydrogen-bond acceptors (Lipinski definition) is 3. The van der Waals surface area contributed by atoms with Gasteiger partial charge in [0.2, 0.25) is 0 Å². The van der Waals surface area contributed by atoms with E-state index in [1.165, 1.54) is 63.9 Å². The molecule has 0 amide bonds. The molecule has 0 aliphatic rings. The van der Waals surface area contributed by atoms with Crippen LogP contribution in [0.25, 0.3) is 0 Å². The standard InChI is InChI=1S/C22H36O4/c1-2-3-4-5-6-7-8-9-10-11-12-13-15-19(22(25)26)18-16-14-17-20(23)21(18)24/h14,16-17,19,23-24H,2-13,15H2,1H3,(H,25,26). The van der Waals surface area contributed by atoms with Gasteiger partial charge in [-0.05, 0) is 12.5 Å². The summed E-state index contributed by atoms with van der Waals surface area (Å²) in [5.74, 6) is -2.28. The third-order valence-electron chi connectivity index (χ3n) is 5.07. The highest BCUT2D eigenvalue weighted by Crippen LogP contribution is 2.36. The molecule has 0 heterocycles. The smallest absolute Gasteiger partial charge is 0.311 e. The molecule has 0 aromatic heterocycles. The number of carboxylic acids is 1. The lowest BCUT2D eigenvalue weighted by atomic mass is 9.92. The van der Waals surface area contributed by atoms with Crippen LogP contribution in [0.2, 0.25) is 0 Å². The van der Waals surface area contributed by atoms with Crippen molar-refractivity contribution in [3.05, 3.63) is 23.8 Å². The van der Waals surface area contributed by atoms with Crippen molar-refractivity contribution in [1.29, 1.82) is 0 Å². The van der Waals surface area contributed by atoms with Crippen LogP contribution >= 0.6 is 0 Å². The van der Waals surface area contributed by atoms with Gasteiger partial charge < -0.3 is 15.3 Å². The Morgan fingerprint density at radius 2 is 1.35 bits per heavy atom. The molecule has 0 fully saturated rings. The summed E-state index contributed by atoms with van der Waals surface area (Å²) in [7, 11) is 0. The molecule has 0 radical (unpaired) electrons. The number of hydrogen-bond donors (Lipinski definition) is 3. The molecule has 1 aromatic carbocycles. The molecule has 26 heavy (non-hydrogen) atoms. The van der Waals surface area contributed by atoms with E-state index in [2.05, 4.69) is 6.92 Å². The van der Waals surface area contributed by atoms with Gasteiger partial charge in [0.1, 0.15) is 0 Å². The summed E-state index contributed by atoms with van der Waals surface area (Å²) < 4.78 is 0. The zero-order valence-corrected chi connectivity index (χ0v) is 16.3. The third kappa shape index (κ3) is 8.59.